The van der Waals surface area contributed by atoms with Gasteiger partial charge in [0.1, 0.15) is 23.0 Å². The van der Waals surface area contributed by atoms with E-state index in [2.05, 4.69) is 53.2 Å². The van der Waals surface area contributed by atoms with Crippen LogP contribution in [0.1, 0.15) is 63.4 Å². The number of fused-ring (bicyclic) bond motifs is 5. The molecule has 3 heterocycles. The third kappa shape index (κ3) is 3.14. The predicted octanol–water partition coefficient (Wildman–Crippen LogP) is 5.33. The number of hydrogen-bond donors (Lipinski definition) is 0. The molecular weight excluding hydrogens is 460 g/mol. The molecule has 0 aliphatic heterocycles. The maximum atomic E-state index is 14.5. The first-order valence-corrected chi connectivity index (χ1v) is 12.3. The summed E-state index contributed by atoms with van der Waals surface area (Å²) < 4.78 is 30.8. The Bertz CT molecular complexity index is 1460. The van der Waals surface area contributed by atoms with E-state index in [1.165, 1.54) is 18.2 Å². The SMILES string of the molecule is CC(C)Cn1cc(-c2cncc([C@@]34CC[C@@H](c5cc(-c6c(F)cccc6F)nnc53)C4(C)C)n2)nn1. The molecular formula is C27H27F2N7. The van der Waals surface area contributed by atoms with Gasteiger partial charge < -0.3 is 0 Å². The lowest BCUT2D eigenvalue weighted by Crippen LogP contribution is -2.38. The van der Waals surface area contributed by atoms with Crippen LogP contribution in [0.4, 0.5) is 8.78 Å². The first-order chi connectivity index (χ1) is 17.2. The zero-order chi connectivity index (χ0) is 25.2. The number of benzene rings is 1. The van der Waals surface area contributed by atoms with Crippen molar-refractivity contribution >= 4 is 0 Å². The van der Waals surface area contributed by atoms with E-state index in [9.17, 15) is 8.78 Å². The first kappa shape index (κ1) is 22.8. The number of hydrogen-bond acceptors (Lipinski definition) is 6. The normalized spacial score (nSPS) is 21.8. The fraction of sp³-hybridized carbons (Fsp3) is 0.407. The Hall–Kier alpha value is -3.62. The van der Waals surface area contributed by atoms with Gasteiger partial charge in [-0.25, -0.2) is 13.8 Å². The van der Waals surface area contributed by atoms with Crippen LogP contribution in [0.5, 0.6) is 0 Å². The molecule has 3 aromatic heterocycles. The van der Waals surface area contributed by atoms with Gasteiger partial charge in [-0.3, -0.25) is 9.67 Å². The summed E-state index contributed by atoms with van der Waals surface area (Å²) in [7, 11) is 0. The van der Waals surface area contributed by atoms with E-state index in [0.717, 1.165) is 36.3 Å². The molecule has 1 saturated carbocycles. The molecule has 6 rings (SSSR count). The number of nitrogens with zero attached hydrogens (tertiary/aromatic N) is 7. The van der Waals surface area contributed by atoms with Crippen molar-refractivity contribution in [2.24, 2.45) is 11.3 Å². The molecule has 0 saturated heterocycles. The van der Waals surface area contributed by atoms with Crippen LogP contribution in [0.2, 0.25) is 0 Å². The molecule has 7 nitrogen and oxygen atoms in total. The highest BCUT2D eigenvalue weighted by Gasteiger charge is 2.65. The second kappa shape index (κ2) is 7.94. The van der Waals surface area contributed by atoms with Gasteiger partial charge in [0.05, 0.1) is 40.5 Å². The summed E-state index contributed by atoms with van der Waals surface area (Å²) in [6.07, 6.45) is 7.16. The van der Waals surface area contributed by atoms with E-state index in [4.69, 9.17) is 4.98 Å². The molecule has 1 fully saturated rings. The van der Waals surface area contributed by atoms with Crippen molar-refractivity contribution in [3.05, 3.63) is 71.4 Å². The molecule has 2 aliphatic carbocycles. The highest BCUT2D eigenvalue weighted by molar-refractivity contribution is 5.64. The van der Waals surface area contributed by atoms with Crippen LogP contribution < -0.4 is 0 Å². The molecule has 0 N–H and O–H groups in total. The zero-order valence-electron chi connectivity index (χ0n) is 20.7. The van der Waals surface area contributed by atoms with E-state index < -0.39 is 17.0 Å². The smallest absolute Gasteiger partial charge is 0.135 e. The lowest BCUT2D eigenvalue weighted by molar-refractivity contribution is 0.242. The maximum absolute atomic E-state index is 14.5. The summed E-state index contributed by atoms with van der Waals surface area (Å²) in [6.45, 7) is 9.45. The van der Waals surface area contributed by atoms with E-state index in [1.807, 2.05) is 16.9 Å². The molecule has 1 aromatic carbocycles. The van der Waals surface area contributed by atoms with E-state index in [1.54, 1.807) is 12.4 Å². The minimum absolute atomic E-state index is 0.145. The van der Waals surface area contributed by atoms with E-state index in [0.29, 0.717) is 17.3 Å². The summed E-state index contributed by atoms with van der Waals surface area (Å²) in [5.41, 5.74) is 3.25. The molecule has 0 amide bonds. The quantitative estimate of drug-likeness (QED) is 0.378. The van der Waals surface area contributed by atoms with Crippen molar-refractivity contribution in [3.8, 4) is 22.6 Å². The molecule has 2 aliphatic rings. The van der Waals surface area contributed by atoms with Gasteiger partial charge in [-0.2, -0.15) is 5.10 Å². The maximum Gasteiger partial charge on any atom is 0.135 e. The van der Waals surface area contributed by atoms with Gasteiger partial charge in [0, 0.05) is 12.7 Å². The molecule has 2 bridgehead atoms. The van der Waals surface area contributed by atoms with Crippen LogP contribution in [0.25, 0.3) is 22.6 Å². The summed E-state index contributed by atoms with van der Waals surface area (Å²) in [5, 5.41) is 17.5. The van der Waals surface area contributed by atoms with E-state index >= 15 is 0 Å². The van der Waals surface area contributed by atoms with Crippen molar-refractivity contribution in [1.29, 1.82) is 0 Å². The second-order valence-electron chi connectivity index (χ2n) is 10.9. The monoisotopic (exact) mass is 487 g/mol. The standard InChI is InChI=1S/C27H27F2N7/c1-15(2)13-36-14-22(33-35-36)21-11-30-12-23(31-21)27-9-8-17(26(27,3)4)16-10-20(32-34-25(16)27)24-18(28)6-5-7-19(24)29/h5-7,10-12,14-15,17H,8-9,13H2,1-4H3/t17-,27-/m0/s1. The van der Waals surface area contributed by atoms with Gasteiger partial charge in [0.15, 0.2) is 0 Å². The van der Waals surface area contributed by atoms with Gasteiger partial charge >= 0.3 is 0 Å². The van der Waals surface area contributed by atoms with Crippen molar-refractivity contribution < 1.29 is 8.78 Å². The lowest BCUT2D eigenvalue weighted by atomic mass is 9.66. The number of halogens is 2. The molecule has 2 atom stereocenters. The van der Waals surface area contributed by atoms with Crippen LogP contribution in [0.3, 0.4) is 0 Å². The average Bonchev–Trinajstić information content (AvgIpc) is 3.46. The molecule has 0 unspecified atom stereocenters. The predicted molar refractivity (Wildman–Crippen MR) is 130 cm³/mol. The van der Waals surface area contributed by atoms with Crippen molar-refractivity contribution in [2.45, 2.75) is 58.4 Å². The second-order valence-corrected chi connectivity index (χ2v) is 10.9. The average molecular weight is 488 g/mol. The van der Waals surface area contributed by atoms with Crippen molar-refractivity contribution in [2.75, 3.05) is 0 Å². The Balaban J connectivity index is 1.46. The topological polar surface area (TPSA) is 82.3 Å². The third-order valence-corrected chi connectivity index (χ3v) is 8.03. The summed E-state index contributed by atoms with van der Waals surface area (Å²) in [5.74, 6) is -0.687. The summed E-state index contributed by atoms with van der Waals surface area (Å²) >= 11 is 0. The molecule has 0 radical (unpaired) electrons. The Morgan fingerprint density at radius 3 is 2.56 bits per heavy atom. The molecule has 36 heavy (non-hydrogen) atoms. The first-order valence-electron chi connectivity index (χ1n) is 12.3. The Kier molecular flexibility index (Phi) is 5.04. The summed E-state index contributed by atoms with van der Waals surface area (Å²) in [6, 6.07) is 5.64. The minimum Gasteiger partial charge on any atom is -0.260 e. The van der Waals surface area contributed by atoms with Crippen molar-refractivity contribution in [3.63, 3.8) is 0 Å². The van der Waals surface area contributed by atoms with Gasteiger partial charge in [0.25, 0.3) is 0 Å². The largest absolute Gasteiger partial charge is 0.260 e. The van der Waals surface area contributed by atoms with Gasteiger partial charge in [-0.05, 0) is 53.9 Å². The summed E-state index contributed by atoms with van der Waals surface area (Å²) in [4.78, 5) is 9.55. The molecule has 0 spiro atoms. The van der Waals surface area contributed by atoms with Crippen LogP contribution in [-0.4, -0.2) is 35.2 Å². The fourth-order valence-corrected chi connectivity index (χ4v) is 6.33. The number of aromatic nitrogens is 7. The Morgan fingerprint density at radius 1 is 1.03 bits per heavy atom. The highest BCUT2D eigenvalue weighted by atomic mass is 19.1. The Labute approximate surface area is 208 Å². The van der Waals surface area contributed by atoms with Gasteiger partial charge in [-0.15, -0.1) is 10.2 Å². The van der Waals surface area contributed by atoms with E-state index in [-0.39, 0.29) is 22.6 Å². The van der Waals surface area contributed by atoms with Crippen LogP contribution in [-0.2, 0) is 12.0 Å². The minimum atomic E-state index is -0.648. The fourth-order valence-electron chi connectivity index (χ4n) is 6.33. The number of rotatable bonds is 5. The lowest BCUT2D eigenvalue weighted by Gasteiger charge is -2.37. The molecule has 9 heteroatoms. The Morgan fingerprint density at radius 2 is 1.81 bits per heavy atom. The van der Waals surface area contributed by atoms with Gasteiger partial charge in [-0.1, -0.05) is 39.0 Å². The molecule has 4 aromatic rings. The van der Waals surface area contributed by atoms with Crippen LogP contribution in [0.15, 0.2) is 42.9 Å². The third-order valence-electron chi connectivity index (χ3n) is 8.03. The van der Waals surface area contributed by atoms with Crippen molar-refractivity contribution in [1.82, 2.24) is 35.2 Å². The highest BCUT2D eigenvalue weighted by Crippen LogP contribution is 2.69. The zero-order valence-corrected chi connectivity index (χ0v) is 20.7. The van der Waals surface area contributed by atoms with Gasteiger partial charge in [0.2, 0.25) is 0 Å². The molecule has 184 valence electrons. The van der Waals surface area contributed by atoms with Crippen LogP contribution >= 0.6 is 0 Å². The van der Waals surface area contributed by atoms with Crippen LogP contribution in [0, 0.1) is 23.0 Å².